The summed E-state index contributed by atoms with van der Waals surface area (Å²) in [6.07, 6.45) is 1.51. The summed E-state index contributed by atoms with van der Waals surface area (Å²) < 4.78 is 12.9. The number of aromatic nitrogens is 2. The Labute approximate surface area is 220 Å². The molecule has 6 aromatic rings. The lowest BCUT2D eigenvalue weighted by Gasteiger charge is -2.11. The molecule has 186 valence electrons. The van der Waals surface area contributed by atoms with Gasteiger partial charge in [-0.25, -0.2) is 4.98 Å². The number of ether oxygens (including phenoxy) is 1. The van der Waals surface area contributed by atoms with Crippen molar-refractivity contribution in [2.24, 2.45) is 10.8 Å². The fourth-order valence-corrected chi connectivity index (χ4v) is 4.49. The Morgan fingerprint density at radius 2 is 1.79 bits per heavy atom. The molecule has 38 heavy (non-hydrogen) atoms. The lowest BCUT2D eigenvalue weighted by Crippen LogP contribution is -2.21. The molecule has 0 saturated heterocycles. The summed E-state index contributed by atoms with van der Waals surface area (Å²) in [7, 11) is 0. The van der Waals surface area contributed by atoms with E-state index in [9.17, 15) is 9.59 Å². The van der Waals surface area contributed by atoms with Crippen molar-refractivity contribution >= 4 is 56.4 Å². The first-order chi connectivity index (χ1) is 18.5. The number of nitrogens with two attached hydrogens (primary N) is 1. The fraction of sp³-hybridized carbons (Fsp3) is 0.0345. The van der Waals surface area contributed by atoms with Crippen LogP contribution in [0, 0.1) is 0 Å². The van der Waals surface area contributed by atoms with Gasteiger partial charge >= 0.3 is 0 Å². The van der Waals surface area contributed by atoms with Crippen LogP contribution in [0.1, 0.15) is 5.56 Å². The van der Waals surface area contributed by atoms with Crippen LogP contribution in [-0.4, -0.2) is 28.4 Å². The normalized spacial score (nSPS) is 11.6. The van der Waals surface area contributed by atoms with E-state index >= 15 is 0 Å². The Morgan fingerprint density at radius 1 is 1.00 bits per heavy atom. The molecule has 2 heterocycles. The Morgan fingerprint density at radius 3 is 2.63 bits per heavy atom. The molecule has 0 fully saturated rings. The lowest BCUT2D eigenvalue weighted by molar-refractivity contribution is -0.119. The van der Waals surface area contributed by atoms with Gasteiger partial charge in [0, 0.05) is 16.0 Å². The van der Waals surface area contributed by atoms with Crippen molar-refractivity contribution < 1.29 is 13.9 Å². The Balaban J connectivity index is 1.57. The van der Waals surface area contributed by atoms with Crippen LogP contribution in [0.4, 0.5) is 0 Å². The highest BCUT2D eigenvalue weighted by Crippen LogP contribution is 2.30. The van der Waals surface area contributed by atoms with Crippen LogP contribution in [0.2, 0.25) is 5.02 Å². The van der Waals surface area contributed by atoms with Gasteiger partial charge < -0.3 is 14.9 Å². The van der Waals surface area contributed by atoms with Gasteiger partial charge in [0.15, 0.2) is 12.4 Å². The third kappa shape index (κ3) is 4.27. The standard InChI is InChI=1S/C29H19ClN4O4/c30-19-10-12-24-18(13-19)14-26(38-24)28-33-23-8-4-3-7-21(23)29(36)34(28)32-15-22-20-6-2-1-5-17(20)9-11-25(22)37-16-27(31)35/h1-15H,16H2,(H2,31,35). The van der Waals surface area contributed by atoms with Gasteiger partial charge in [0.1, 0.15) is 11.3 Å². The van der Waals surface area contributed by atoms with Gasteiger partial charge in [-0.3, -0.25) is 9.59 Å². The second-order valence-corrected chi connectivity index (χ2v) is 9.00. The predicted octanol–water partition coefficient (Wildman–Crippen LogP) is 5.36. The number of halogens is 1. The third-order valence-corrected chi connectivity index (χ3v) is 6.29. The number of carbonyl (C=O) groups is 1. The molecule has 2 N–H and O–H groups in total. The number of para-hydroxylation sites is 1. The molecule has 0 saturated carbocycles. The maximum absolute atomic E-state index is 13.6. The topological polar surface area (TPSA) is 113 Å². The van der Waals surface area contributed by atoms with Crippen LogP contribution < -0.4 is 16.0 Å². The van der Waals surface area contributed by atoms with E-state index in [0.717, 1.165) is 16.2 Å². The van der Waals surface area contributed by atoms with E-state index in [2.05, 4.69) is 5.10 Å². The van der Waals surface area contributed by atoms with Gasteiger partial charge in [0.2, 0.25) is 5.82 Å². The number of amides is 1. The zero-order valence-electron chi connectivity index (χ0n) is 19.8. The fourth-order valence-electron chi connectivity index (χ4n) is 4.31. The SMILES string of the molecule is NC(=O)COc1ccc2ccccc2c1C=Nn1c(-c2cc3cc(Cl)ccc3o2)nc2ccccc2c1=O. The summed E-state index contributed by atoms with van der Waals surface area (Å²) >= 11 is 6.16. The van der Waals surface area contributed by atoms with Gasteiger partial charge in [-0.15, -0.1) is 0 Å². The summed E-state index contributed by atoms with van der Waals surface area (Å²) in [6, 6.07) is 25.3. The minimum Gasteiger partial charge on any atom is -0.483 e. The van der Waals surface area contributed by atoms with Crippen LogP contribution in [0.25, 0.3) is 44.2 Å². The first-order valence-electron chi connectivity index (χ1n) is 11.7. The molecule has 0 aliphatic rings. The van der Waals surface area contributed by atoms with E-state index in [-0.39, 0.29) is 18.0 Å². The number of fused-ring (bicyclic) bond motifs is 3. The molecule has 0 unspecified atom stereocenters. The van der Waals surface area contributed by atoms with Crippen molar-refractivity contribution in [3.63, 3.8) is 0 Å². The largest absolute Gasteiger partial charge is 0.483 e. The number of carbonyl (C=O) groups excluding carboxylic acids is 1. The monoisotopic (exact) mass is 522 g/mol. The number of hydrogen-bond donors (Lipinski definition) is 1. The van der Waals surface area contributed by atoms with Crippen LogP contribution in [0.3, 0.4) is 0 Å². The quantitative estimate of drug-likeness (QED) is 0.296. The average molecular weight is 523 g/mol. The number of rotatable bonds is 6. The molecule has 1 amide bonds. The lowest BCUT2D eigenvalue weighted by atomic mass is 10.0. The first-order valence-corrected chi connectivity index (χ1v) is 12.0. The highest BCUT2D eigenvalue weighted by Gasteiger charge is 2.17. The molecule has 4 aromatic carbocycles. The highest BCUT2D eigenvalue weighted by molar-refractivity contribution is 6.31. The van der Waals surface area contributed by atoms with Crippen molar-refractivity contribution in [2.75, 3.05) is 6.61 Å². The zero-order valence-corrected chi connectivity index (χ0v) is 20.6. The third-order valence-electron chi connectivity index (χ3n) is 6.06. The molecule has 0 atom stereocenters. The molecule has 0 bridgehead atoms. The second kappa shape index (κ2) is 9.49. The van der Waals surface area contributed by atoms with E-state index in [1.54, 1.807) is 48.5 Å². The average Bonchev–Trinajstić information content (AvgIpc) is 3.34. The minimum absolute atomic E-state index is 0.220. The van der Waals surface area contributed by atoms with Crippen molar-refractivity contribution in [2.45, 2.75) is 0 Å². The summed E-state index contributed by atoms with van der Waals surface area (Å²) in [4.78, 5) is 29.7. The molecular formula is C29H19ClN4O4. The van der Waals surface area contributed by atoms with Crippen molar-refractivity contribution in [3.05, 3.63) is 106 Å². The van der Waals surface area contributed by atoms with Gasteiger partial charge in [0.05, 0.1) is 17.1 Å². The zero-order chi connectivity index (χ0) is 26.2. The molecule has 0 aliphatic carbocycles. The molecule has 9 heteroatoms. The van der Waals surface area contributed by atoms with E-state index in [1.807, 2.05) is 36.4 Å². The maximum atomic E-state index is 13.6. The van der Waals surface area contributed by atoms with Gasteiger partial charge in [-0.05, 0) is 53.2 Å². The van der Waals surface area contributed by atoms with Crippen molar-refractivity contribution in [1.29, 1.82) is 0 Å². The summed E-state index contributed by atoms with van der Waals surface area (Å²) in [6.45, 7) is -0.302. The van der Waals surface area contributed by atoms with E-state index in [1.165, 1.54) is 10.9 Å². The number of nitrogens with zero attached hydrogens (tertiary/aromatic N) is 3. The number of benzene rings is 4. The van der Waals surface area contributed by atoms with Gasteiger partial charge in [-0.1, -0.05) is 54.1 Å². The van der Waals surface area contributed by atoms with Gasteiger partial charge in [0.25, 0.3) is 11.5 Å². The molecule has 0 aliphatic heterocycles. The molecule has 0 spiro atoms. The molecule has 2 aromatic heterocycles. The van der Waals surface area contributed by atoms with Gasteiger partial charge in [-0.2, -0.15) is 9.78 Å². The Hall–Kier alpha value is -4.95. The smallest absolute Gasteiger partial charge is 0.282 e. The molecule has 6 rings (SSSR count). The maximum Gasteiger partial charge on any atom is 0.282 e. The van der Waals surface area contributed by atoms with E-state index in [0.29, 0.717) is 38.6 Å². The molecule has 8 nitrogen and oxygen atoms in total. The van der Waals surface area contributed by atoms with Crippen LogP contribution in [0.5, 0.6) is 5.75 Å². The Bertz CT molecular complexity index is 1960. The summed E-state index contributed by atoms with van der Waals surface area (Å²) in [5.41, 5.74) is 6.60. The number of primary amides is 1. The Kier molecular flexibility index (Phi) is 5.86. The van der Waals surface area contributed by atoms with Crippen molar-refractivity contribution in [1.82, 2.24) is 9.66 Å². The summed E-state index contributed by atoms with van der Waals surface area (Å²) in [5.74, 6) is 0.360. The number of hydrogen-bond acceptors (Lipinski definition) is 6. The van der Waals surface area contributed by atoms with Crippen LogP contribution in [0.15, 0.2) is 99.2 Å². The van der Waals surface area contributed by atoms with E-state index < -0.39 is 5.91 Å². The highest BCUT2D eigenvalue weighted by atomic mass is 35.5. The second-order valence-electron chi connectivity index (χ2n) is 8.56. The minimum atomic E-state index is -0.608. The van der Waals surface area contributed by atoms with E-state index in [4.69, 9.17) is 31.5 Å². The molecular weight excluding hydrogens is 504 g/mol. The first kappa shape index (κ1) is 23.4. The number of furan rings is 1. The molecule has 0 radical (unpaired) electrons. The van der Waals surface area contributed by atoms with Crippen molar-refractivity contribution in [3.8, 4) is 17.3 Å². The van der Waals surface area contributed by atoms with Crippen LogP contribution in [-0.2, 0) is 4.79 Å². The van der Waals surface area contributed by atoms with Crippen LogP contribution >= 0.6 is 11.6 Å². The summed E-state index contributed by atoms with van der Waals surface area (Å²) in [5, 5.41) is 8.04. The predicted molar refractivity (Wildman–Crippen MR) is 148 cm³/mol.